The molecule has 4 heteroatoms. The summed E-state index contributed by atoms with van der Waals surface area (Å²) >= 11 is 0. The normalized spacial score (nSPS) is 13.2. The number of aromatic amines is 1. The van der Waals surface area contributed by atoms with E-state index in [1.807, 2.05) is 24.7 Å². The summed E-state index contributed by atoms with van der Waals surface area (Å²) in [5, 5.41) is 5.71. The smallest absolute Gasteiger partial charge is 0.137 e. The number of nitrogens with one attached hydrogen (secondary N) is 1. The number of aromatic nitrogens is 4. The number of nitrogens with zero attached hydrogens (tertiary/aromatic N) is 3. The van der Waals surface area contributed by atoms with Crippen molar-refractivity contribution in [2.45, 2.75) is 33.2 Å². The predicted octanol–water partition coefficient (Wildman–Crippen LogP) is 4.03. The molecule has 20 heavy (non-hydrogen) atoms. The van der Waals surface area contributed by atoms with E-state index in [0.717, 1.165) is 23.0 Å². The van der Waals surface area contributed by atoms with Crippen molar-refractivity contribution < 1.29 is 0 Å². The number of H-pyrrole nitrogens is 1. The van der Waals surface area contributed by atoms with Crippen LogP contribution >= 0.6 is 0 Å². The molecule has 3 aromatic heterocycles. The molecule has 1 unspecified atom stereocenters. The van der Waals surface area contributed by atoms with E-state index in [0.29, 0.717) is 12.0 Å². The Morgan fingerprint density at radius 2 is 2.15 bits per heavy atom. The van der Waals surface area contributed by atoms with Crippen LogP contribution in [-0.4, -0.2) is 19.7 Å². The van der Waals surface area contributed by atoms with Crippen LogP contribution in [0.15, 0.2) is 36.9 Å². The van der Waals surface area contributed by atoms with Gasteiger partial charge in [-0.1, -0.05) is 20.8 Å². The Hall–Kier alpha value is -2.10. The van der Waals surface area contributed by atoms with Gasteiger partial charge in [0, 0.05) is 29.5 Å². The van der Waals surface area contributed by atoms with Crippen molar-refractivity contribution in [3.8, 4) is 11.1 Å². The minimum atomic E-state index is 0.451. The summed E-state index contributed by atoms with van der Waals surface area (Å²) in [6, 6.07) is 4.56. The molecular formula is C16H20N4. The Kier molecular flexibility index (Phi) is 3.30. The molecule has 3 rings (SSSR count). The number of hydrogen-bond donors (Lipinski definition) is 1. The van der Waals surface area contributed by atoms with Crippen molar-refractivity contribution in [2.75, 3.05) is 0 Å². The van der Waals surface area contributed by atoms with Gasteiger partial charge in [0.05, 0.1) is 12.2 Å². The molecule has 0 aromatic carbocycles. The second-order valence-electron chi connectivity index (χ2n) is 5.53. The van der Waals surface area contributed by atoms with Crippen LogP contribution < -0.4 is 0 Å². The van der Waals surface area contributed by atoms with Gasteiger partial charge in [-0.25, -0.2) is 4.98 Å². The zero-order chi connectivity index (χ0) is 14.1. The van der Waals surface area contributed by atoms with Gasteiger partial charge >= 0.3 is 0 Å². The first-order chi connectivity index (χ1) is 9.70. The number of rotatable bonds is 4. The molecule has 0 fully saturated rings. The molecule has 0 saturated carbocycles. The summed E-state index contributed by atoms with van der Waals surface area (Å²) in [7, 11) is 0. The fourth-order valence-electron chi connectivity index (χ4n) is 2.84. The number of pyridine rings is 1. The third-order valence-corrected chi connectivity index (χ3v) is 3.90. The molecule has 0 saturated heterocycles. The highest BCUT2D eigenvalue weighted by Crippen LogP contribution is 2.28. The maximum Gasteiger partial charge on any atom is 0.137 e. The third kappa shape index (κ3) is 2.11. The van der Waals surface area contributed by atoms with Crippen LogP contribution in [-0.2, 0) is 0 Å². The van der Waals surface area contributed by atoms with Gasteiger partial charge in [-0.15, -0.1) is 0 Å². The molecular weight excluding hydrogens is 248 g/mol. The van der Waals surface area contributed by atoms with Gasteiger partial charge in [0.1, 0.15) is 5.65 Å². The molecule has 0 radical (unpaired) electrons. The van der Waals surface area contributed by atoms with Crippen LogP contribution in [0.5, 0.6) is 0 Å². The van der Waals surface area contributed by atoms with Crippen molar-refractivity contribution in [2.24, 2.45) is 5.92 Å². The van der Waals surface area contributed by atoms with Gasteiger partial charge in [0.15, 0.2) is 0 Å². The van der Waals surface area contributed by atoms with E-state index < -0.39 is 0 Å². The fraction of sp³-hybridized carbons (Fsp3) is 0.375. The molecule has 3 heterocycles. The summed E-state index contributed by atoms with van der Waals surface area (Å²) in [4.78, 5) is 7.48. The van der Waals surface area contributed by atoms with E-state index in [-0.39, 0.29) is 0 Å². The topological polar surface area (TPSA) is 46.5 Å². The van der Waals surface area contributed by atoms with E-state index in [9.17, 15) is 0 Å². The Morgan fingerprint density at radius 1 is 1.30 bits per heavy atom. The maximum absolute atomic E-state index is 4.56. The van der Waals surface area contributed by atoms with E-state index in [4.69, 9.17) is 0 Å². The lowest BCUT2D eigenvalue weighted by molar-refractivity contribution is 0.337. The number of fused-ring (bicyclic) bond motifs is 1. The quantitative estimate of drug-likeness (QED) is 0.776. The average Bonchev–Trinajstić information content (AvgIpc) is 3.07. The molecule has 1 atom stereocenters. The van der Waals surface area contributed by atoms with E-state index in [1.54, 1.807) is 0 Å². The van der Waals surface area contributed by atoms with E-state index in [1.165, 1.54) is 5.56 Å². The molecule has 0 spiro atoms. The van der Waals surface area contributed by atoms with Gasteiger partial charge in [-0.3, -0.25) is 4.68 Å². The second kappa shape index (κ2) is 5.12. The van der Waals surface area contributed by atoms with Gasteiger partial charge in [0.2, 0.25) is 0 Å². The third-order valence-electron chi connectivity index (χ3n) is 3.90. The maximum atomic E-state index is 4.56. The average molecular weight is 268 g/mol. The predicted molar refractivity (Wildman–Crippen MR) is 81.5 cm³/mol. The van der Waals surface area contributed by atoms with Crippen molar-refractivity contribution in [1.29, 1.82) is 0 Å². The van der Waals surface area contributed by atoms with E-state index in [2.05, 4.69) is 52.8 Å². The van der Waals surface area contributed by atoms with Gasteiger partial charge in [0.25, 0.3) is 0 Å². The molecule has 0 aliphatic carbocycles. The van der Waals surface area contributed by atoms with Crippen LogP contribution in [0.2, 0.25) is 0 Å². The van der Waals surface area contributed by atoms with Crippen LogP contribution in [0.1, 0.15) is 33.2 Å². The summed E-state index contributed by atoms with van der Waals surface area (Å²) in [5.74, 6) is 0.581. The lowest BCUT2D eigenvalue weighted by Gasteiger charge is -2.19. The molecule has 0 bridgehead atoms. The molecule has 0 amide bonds. The van der Waals surface area contributed by atoms with Crippen molar-refractivity contribution >= 4 is 11.0 Å². The summed E-state index contributed by atoms with van der Waals surface area (Å²) in [6.45, 7) is 6.70. The lowest BCUT2D eigenvalue weighted by Crippen LogP contribution is -2.14. The van der Waals surface area contributed by atoms with Crippen molar-refractivity contribution in [1.82, 2.24) is 19.7 Å². The zero-order valence-corrected chi connectivity index (χ0v) is 12.2. The summed E-state index contributed by atoms with van der Waals surface area (Å²) < 4.78 is 2.10. The highest BCUT2D eigenvalue weighted by Gasteiger charge is 2.15. The van der Waals surface area contributed by atoms with Gasteiger partial charge in [-0.2, -0.15) is 5.10 Å². The Bertz CT molecular complexity index is 708. The largest absolute Gasteiger partial charge is 0.346 e. The van der Waals surface area contributed by atoms with Crippen LogP contribution in [0.4, 0.5) is 0 Å². The molecule has 0 aliphatic heterocycles. The first-order valence-corrected chi connectivity index (χ1v) is 7.17. The minimum absolute atomic E-state index is 0.451. The first kappa shape index (κ1) is 12.9. The monoisotopic (exact) mass is 268 g/mol. The molecule has 3 aromatic rings. The Labute approximate surface area is 118 Å². The lowest BCUT2D eigenvalue weighted by atomic mass is 10.0. The van der Waals surface area contributed by atoms with Gasteiger partial charge in [-0.05, 0) is 30.0 Å². The van der Waals surface area contributed by atoms with E-state index >= 15 is 0 Å². The SMILES string of the molecule is CCC(C(C)C)n1cc(-c2ccnc3[nH]ccc23)cn1. The first-order valence-electron chi connectivity index (χ1n) is 7.17. The zero-order valence-electron chi connectivity index (χ0n) is 12.2. The molecule has 104 valence electrons. The fourth-order valence-corrected chi connectivity index (χ4v) is 2.84. The summed E-state index contributed by atoms with van der Waals surface area (Å²) in [5.41, 5.74) is 3.25. The van der Waals surface area contributed by atoms with Crippen LogP contribution in [0.25, 0.3) is 22.2 Å². The standard InChI is InChI=1S/C16H20N4/c1-4-15(11(2)3)20-10-12(9-19-20)13-5-7-17-16-14(13)6-8-18-16/h5-11,15H,4H2,1-3H3,(H,17,18). The van der Waals surface area contributed by atoms with Crippen LogP contribution in [0.3, 0.4) is 0 Å². The second-order valence-corrected chi connectivity index (χ2v) is 5.53. The van der Waals surface area contributed by atoms with Crippen LogP contribution in [0, 0.1) is 5.92 Å². The number of hydrogen-bond acceptors (Lipinski definition) is 2. The Balaban J connectivity index is 2.04. The minimum Gasteiger partial charge on any atom is -0.346 e. The summed E-state index contributed by atoms with van der Waals surface area (Å²) in [6.07, 6.45) is 8.96. The highest BCUT2D eigenvalue weighted by molar-refractivity contribution is 5.92. The molecule has 4 nitrogen and oxygen atoms in total. The highest BCUT2D eigenvalue weighted by atomic mass is 15.3. The molecule has 1 N–H and O–H groups in total. The van der Waals surface area contributed by atoms with Crippen molar-refractivity contribution in [3.05, 3.63) is 36.9 Å². The van der Waals surface area contributed by atoms with Gasteiger partial charge < -0.3 is 4.98 Å². The Morgan fingerprint density at radius 3 is 2.90 bits per heavy atom. The molecule has 0 aliphatic rings. The van der Waals surface area contributed by atoms with Crippen molar-refractivity contribution in [3.63, 3.8) is 0 Å².